The molecule has 1 aliphatic heterocycles. The van der Waals surface area contributed by atoms with Crippen molar-refractivity contribution < 1.29 is 46.6 Å². The first-order chi connectivity index (χ1) is 27.8. The highest BCUT2D eigenvalue weighted by Gasteiger charge is 2.54. The number of rotatable bonds is 18. The molecule has 1 amide bonds. The lowest BCUT2D eigenvalue weighted by Gasteiger charge is -2.41. The van der Waals surface area contributed by atoms with Gasteiger partial charge in [-0.05, 0) is 42.8 Å². The van der Waals surface area contributed by atoms with Gasteiger partial charge in [-0.3, -0.25) is 33.5 Å². The number of nitrogens with one attached hydrogen (secondary N) is 3. The second kappa shape index (κ2) is 19.4. The summed E-state index contributed by atoms with van der Waals surface area (Å²) in [5.41, 5.74) is -0.490. The first-order valence-corrected chi connectivity index (χ1v) is 25.5. The number of hydrogen-bond acceptors (Lipinski definition) is 18. The quantitative estimate of drug-likeness (QED) is 0.0688. The van der Waals surface area contributed by atoms with Gasteiger partial charge in [0.1, 0.15) is 42.1 Å². The fraction of sp³-hybridized carbons (Fsp3) is 0.647. The van der Waals surface area contributed by atoms with Gasteiger partial charge < -0.3 is 38.1 Å². The predicted molar refractivity (Wildman–Crippen MR) is 219 cm³/mol. The van der Waals surface area contributed by atoms with E-state index in [4.69, 9.17) is 39.1 Å². The van der Waals surface area contributed by atoms with E-state index in [1.54, 1.807) is 13.8 Å². The van der Waals surface area contributed by atoms with Crippen molar-refractivity contribution in [3.63, 3.8) is 0 Å². The van der Waals surface area contributed by atoms with E-state index in [2.05, 4.69) is 35.6 Å². The Bertz CT molecular complexity index is 2190. The van der Waals surface area contributed by atoms with Gasteiger partial charge in [-0.25, -0.2) is 15.0 Å². The van der Waals surface area contributed by atoms with Gasteiger partial charge in [0, 0.05) is 17.9 Å². The number of anilines is 2. The van der Waals surface area contributed by atoms with Crippen molar-refractivity contribution >= 4 is 63.9 Å². The number of aliphatic hydroxyl groups is 1. The van der Waals surface area contributed by atoms with Gasteiger partial charge in [0.05, 0.1) is 50.9 Å². The molecule has 59 heavy (non-hydrogen) atoms. The Labute approximate surface area is 347 Å². The van der Waals surface area contributed by atoms with Crippen LogP contribution in [-0.2, 0) is 48.4 Å². The summed E-state index contributed by atoms with van der Waals surface area (Å²) in [5.74, 6) is -1.20. The summed E-state index contributed by atoms with van der Waals surface area (Å²) in [4.78, 5) is 54.9. The summed E-state index contributed by atoms with van der Waals surface area (Å²) < 4.78 is 51.3. The molecular weight excluding hydrogens is 847 g/mol. The second-order valence-corrected chi connectivity index (χ2v) is 24.4. The molecular formula is C34H50N10O11P2SSi. The minimum Gasteiger partial charge on any atom is -0.408 e. The molecule has 322 valence electrons. The smallest absolute Gasteiger partial charge is 0.327 e. The second-order valence-electron chi connectivity index (χ2n) is 15.9. The number of nitrogens with zero attached hydrogens (tertiary/aromatic N) is 7. The maximum Gasteiger partial charge on any atom is 0.327 e. The van der Waals surface area contributed by atoms with Crippen molar-refractivity contribution in [1.29, 1.82) is 10.5 Å². The van der Waals surface area contributed by atoms with Crippen molar-refractivity contribution in [3.05, 3.63) is 34.8 Å². The Morgan fingerprint density at radius 3 is 2.63 bits per heavy atom. The van der Waals surface area contributed by atoms with Crippen LogP contribution in [0.3, 0.4) is 0 Å². The summed E-state index contributed by atoms with van der Waals surface area (Å²) in [6.45, 7) is 8.69. The number of carbonyl (C=O) groups is 1. The van der Waals surface area contributed by atoms with Crippen LogP contribution in [-0.4, -0.2) is 104 Å². The Hall–Kier alpha value is -3.54. The largest absolute Gasteiger partial charge is 0.408 e. The third-order valence-electron chi connectivity index (χ3n) is 10.4. The predicted octanol–water partition coefficient (Wildman–Crippen LogP) is 3.87. The summed E-state index contributed by atoms with van der Waals surface area (Å²) in [6.07, 6.45) is -0.720. The molecule has 0 aromatic carbocycles. The van der Waals surface area contributed by atoms with Crippen LogP contribution < -0.4 is 16.2 Å². The molecule has 3 aromatic heterocycles. The summed E-state index contributed by atoms with van der Waals surface area (Å²) in [7, 11) is -6.07. The highest BCUT2D eigenvalue weighted by molar-refractivity contribution is 8.07. The molecule has 5 rings (SSSR count). The van der Waals surface area contributed by atoms with Gasteiger partial charge in [-0.1, -0.05) is 34.6 Å². The Morgan fingerprint density at radius 2 is 1.98 bits per heavy atom. The number of hydrogen-bond donors (Lipinski definition) is 5. The summed E-state index contributed by atoms with van der Waals surface area (Å²) >= 11 is 6.03. The maximum absolute atomic E-state index is 13.2. The van der Waals surface area contributed by atoms with Gasteiger partial charge in [-0.2, -0.15) is 15.5 Å². The lowest BCUT2D eigenvalue weighted by Crippen LogP contribution is -2.50. The van der Waals surface area contributed by atoms with Crippen molar-refractivity contribution in [3.8, 4) is 12.1 Å². The zero-order valence-electron chi connectivity index (χ0n) is 33.6. The molecule has 25 heteroatoms. The number of aliphatic hydroxyl groups excluding tert-OH is 1. The molecule has 3 aromatic rings. The molecule has 21 nitrogen and oxygen atoms in total. The Morgan fingerprint density at radius 1 is 1.24 bits per heavy atom. The fourth-order valence-corrected chi connectivity index (χ4v) is 10.3. The molecule has 4 heterocycles. The van der Waals surface area contributed by atoms with Crippen LogP contribution in [0.4, 0.5) is 11.8 Å². The van der Waals surface area contributed by atoms with Crippen molar-refractivity contribution in [1.82, 2.24) is 29.5 Å². The van der Waals surface area contributed by atoms with Gasteiger partial charge in [-0.15, -0.1) is 0 Å². The molecule has 0 radical (unpaired) electrons. The SMILES string of the molecule is CC(C)C(=O)Nc1nc2c(ncn2[C@@H]2O[C@H](CO)[C@@H](O[Si](C)(C)C(C)(C)C)[C@@H]2OP(=S)(OCCC#N)OC[C@H]2C[C@@H](Nc3ncncc3C#N)C[C@@H]2O[PH](=O)O)c(=O)[nH]1. The topological polar surface area (TPSA) is 291 Å². The van der Waals surface area contributed by atoms with Crippen molar-refractivity contribution in [2.45, 2.75) is 109 Å². The first kappa shape index (κ1) is 46.5. The number of aromatic nitrogens is 6. The van der Waals surface area contributed by atoms with Gasteiger partial charge in [0.2, 0.25) is 11.9 Å². The highest BCUT2D eigenvalue weighted by Crippen LogP contribution is 2.56. The molecule has 2 unspecified atom stereocenters. The molecule has 2 fully saturated rings. The number of ether oxygens (including phenoxy) is 1. The van der Waals surface area contributed by atoms with E-state index < -0.39 is 83.8 Å². The summed E-state index contributed by atoms with van der Waals surface area (Å²) in [6, 6.07) is 3.67. The minimum atomic E-state index is -3.93. The number of imidazole rings is 1. The third kappa shape index (κ3) is 11.2. The monoisotopic (exact) mass is 896 g/mol. The van der Waals surface area contributed by atoms with E-state index >= 15 is 0 Å². The standard InChI is InChI=1S/C34H50N10O11P2SSi/c1-19(2)30(46)42-33-41-29-25(31(47)43-33)39-18-44(29)32-27(26(24(15-45)52-32)55-59(6,7)34(3,4)5)54-57(58,50-10-8-9-35)51-16-20-11-22(12-23(20)53-56(48)49)40-28-21(13-36)14-37-17-38-28/h14,17-20,22-24,26-27,32,45,56H,8,10-12,15-16H2,1-7H3,(H,48,49)(H,37,38,40)(H2,41,42,43,46,47)/t20-,22-,23+,24-,26-,27+,32-,57?/m1/s1. The lowest BCUT2D eigenvalue weighted by atomic mass is 10.1. The zero-order valence-corrected chi connectivity index (χ0v) is 37.4. The average molecular weight is 897 g/mol. The van der Waals surface area contributed by atoms with Crippen molar-refractivity contribution in [2.24, 2.45) is 11.8 Å². The molecule has 0 bridgehead atoms. The van der Waals surface area contributed by atoms with Crippen LogP contribution in [0.5, 0.6) is 0 Å². The average Bonchev–Trinajstić information content (AvgIpc) is 3.85. The Balaban J connectivity index is 1.52. The van der Waals surface area contributed by atoms with E-state index in [1.165, 1.54) is 23.4 Å². The van der Waals surface area contributed by atoms with Crippen LogP contribution >= 0.6 is 15.0 Å². The van der Waals surface area contributed by atoms with Gasteiger partial charge in [0.25, 0.3) is 5.56 Å². The number of aromatic amines is 1. The Kier molecular flexibility index (Phi) is 15.3. The molecule has 1 aliphatic carbocycles. The number of H-pyrrole nitrogens is 1. The molecule has 9 atom stereocenters. The number of amides is 1. The molecule has 1 saturated carbocycles. The lowest BCUT2D eigenvalue weighted by molar-refractivity contribution is -0.118. The van der Waals surface area contributed by atoms with Crippen LogP contribution in [0.1, 0.15) is 65.7 Å². The molecule has 2 aliphatic rings. The van der Waals surface area contributed by atoms with Gasteiger partial charge >= 0.3 is 15.0 Å². The third-order valence-corrected chi connectivity index (χ3v) is 17.7. The first-order valence-electron chi connectivity index (χ1n) is 18.8. The molecule has 5 N–H and O–H groups in total. The van der Waals surface area contributed by atoms with Crippen LogP contribution in [0.15, 0.2) is 23.6 Å². The van der Waals surface area contributed by atoms with Gasteiger partial charge in [0.15, 0.2) is 25.7 Å². The van der Waals surface area contributed by atoms with Crippen LogP contribution in [0.25, 0.3) is 11.2 Å². The number of fused-ring (bicyclic) bond motifs is 1. The zero-order chi connectivity index (χ0) is 43.3. The van der Waals surface area contributed by atoms with E-state index in [-0.39, 0.29) is 65.6 Å². The number of carbonyl (C=O) groups excluding carboxylic acids is 1. The maximum atomic E-state index is 13.2. The number of nitriles is 2. The minimum absolute atomic E-state index is 0.0163. The van der Waals surface area contributed by atoms with E-state index in [0.717, 1.165) is 0 Å². The van der Waals surface area contributed by atoms with E-state index in [0.29, 0.717) is 6.42 Å². The van der Waals surface area contributed by atoms with E-state index in [9.17, 15) is 34.7 Å². The molecule has 1 saturated heterocycles. The normalized spacial score (nSPS) is 25.1. The summed E-state index contributed by atoms with van der Waals surface area (Å²) in [5, 5.41) is 35.1. The molecule has 0 spiro atoms. The fourth-order valence-electron chi connectivity index (χ4n) is 6.29. The highest BCUT2D eigenvalue weighted by atomic mass is 32.5. The van der Waals surface area contributed by atoms with Crippen LogP contribution in [0, 0.1) is 34.5 Å². The van der Waals surface area contributed by atoms with Crippen LogP contribution in [0.2, 0.25) is 18.1 Å². The van der Waals surface area contributed by atoms with Crippen molar-refractivity contribution in [2.75, 3.05) is 30.5 Å². The van der Waals surface area contributed by atoms with E-state index in [1.807, 2.05) is 46.0 Å².